The summed E-state index contributed by atoms with van der Waals surface area (Å²) in [7, 11) is -14.6. The summed E-state index contributed by atoms with van der Waals surface area (Å²) in [6.07, 6.45) is -0.874. The summed E-state index contributed by atoms with van der Waals surface area (Å²) >= 11 is 17.9. The van der Waals surface area contributed by atoms with Gasteiger partial charge in [-0.1, -0.05) is 0 Å². The van der Waals surface area contributed by atoms with E-state index in [2.05, 4.69) is 0 Å². The molecule has 0 unspecified atom stereocenters. The Morgan fingerprint density at radius 2 is 0.821 bits per heavy atom. The van der Waals surface area contributed by atoms with Gasteiger partial charge in [-0.05, 0) is 0 Å². The molecule has 0 aliphatic heterocycles. The van der Waals surface area contributed by atoms with Crippen molar-refractivity contribution in [3.8, 4) is 0 Å². The third-order valence-corrected chi connectivity index (χ3v) is 19.7. The minimum absolute atomic E-state index is 0.0115. The molecule has 3 aromatic rings. The third-order valence-electron chi connectivity index (χ3n) is 6.12. The molecule has 0 aliphatic rings. The third kappa shape index (κ3) is 4.83. The number of hydrogen-bond acceptors (Lipinski definition) is 4. The monoisotopic (exact) mass is 673 g/mol. The topological polar surface area (TPSA) is 71.5 Å². The summed E-state index contributed by atoms with van der Waals surface area (Å²) in [4.78, 5) is 0. The van der Waals surface area contributed by atoms with E-state index >= 15 is 0 Å². The van der Waals surface area contributed by atoms with Crippen molar-refractivity contribution in [2.45, 2.75) is 17.9 Å². The molecule has 0 radical (unpaired) electrons. The van der Waals surface area contributed by atoms with Gasteiger partial charge in [-0.2, -0.15) is 0 Å². The fourth-order valence-corrected chi connectivity index (χ4v) is 18.6. The SMILES string of the molecule is CCP(c1ccc(Cl)cc1)(c1ccc(Cl)cc1)(c1ccc(Cl)cc1)N(S(=O)(=O)C(F)(F)F)S(=O)(=O)C(F)(F)F. The predicted octanol–water partition coefficient (Wildman–Crippen LogP) is 6.41. The van der Waals surface area contributed by atoms with Crippen LogP contribution < -0.4 is 15.9 Å². The minimum atomic E-state index is -7.30. The van der Waals surface area contributed by atoms with Gasteiger partial charge >= 0.3 is 236 Å². The number of alkyl halides is 6. The fraction of sp³-hybridized carbons (Fsp3) is 0.182. The van der Waals surface area contributed by atoms with Gasteiger partial charge in [0.25, 0.3) is 0 Å². The molecule has 0 amide bonds. The van der Waals surface area contributed by atoms with Crippen LogP contribution in [-0.2, 0) is 20.0 Å². The Hall–Kier alpha value is -1.60. The van der Waals surface area contributed by atoms with Gasteiger partial charge in [0.15, 0.2) is 0 Å². The Morgan fingerprint density at radius 3 is 1.00 bits per heavy atom. The first kappa shape index (κ1) is 31.9. The summed E-state index contributed by atoms with van der Waals surface area (Å²) in [5, 5.41) is -1.46. The van der Waals surface area contributed by atoms with Crippen LogP contribution in [0.15, 0.2) is 72.8 Å². The fourth-order valence-electron chi connectivity index (χ4n) is 4.46. The van der Waals surface area contributed by atoms with Gasteiger partial charge in [-0.3, -0.25) is 0 Å². The molecule has 0 saturated carbocycles. The van der Waals surface area contributed by atoms with Crippen LogP contribution in [0, 0.1) is 0 Å². The van der Waals surface area contributed by atoms with Crippen LogP contribution in [0.2, 0.25) is 15.1 Å². The second kappa shape index (κ2) is 10.3. The van der Waals surface area contributed by atoms with Gasteiger partial charge in [0.05, 0.1) is 0 Å². The van der Waals surface area contributed by atoms with Crippen molar-refractivity contribution < 1.29 is 43.2 Å². The van der Waals surface area contributed by atoms with Gasteiger partial charge in [-0.15, -0.1) is 0 Å². The van der Waals surface area contributed by atoms with E-state index in [1.165, 1.54) is 0 Å². The van der Waals surface area contributed by atoms with Crippen LogP contribution >= 0.6 is 41.6 Å². The molecule has 3 aromatic carbocycles. The van der Waals surface area contributed by atoms with E-state index in [0.29, 0.717) is 0 Å². The van der Waals surface area contributed by atoms with Gasteiger partial charge < -0.3 is 0 Å². The molecular formula is C22H17Cl3F6NO4PS2. The van der Waals surface area contributed by atoms with Crippen LogP contribution in [0.1, 0.15) is 6.92 Å². The van der Waals surface area contributed by atoms with Crippen LogP contribution in [-0.4, -0.2) is 37.5 Å². The second-order valence-corrected chi connectivity index (χ2v) is 18.8. The molecule has 0 bridgehead atoms. The molecule has 0 aromatic heterocycles. The van der Waals surface area contributed by atoms with Crippen molar-refractivity contribution in [2.75, 3.05) is 6.16 Å². The van der Waals surface area contributed by atoms with Gasteiger partial charge in [0.1, 0.15) is 0 Å². The predicted molar refractivity (Wildman–Crippen MR) is 143 cm³/mol. The van der Waals surface area contributed by atoms with E-state index in [4.69, 9.17) is 34.8 Å². The van der Waals surface area contributed by atoms with E-state index in [1.54, 1.807) is 0 Å². The number of hydrogen-bond donors (Lipinski definition) is 0. The number of nitrogens with zero attached hydrogens (tertiary/aromatic N) is 1. The first-order chi connectivity index (χ1) is 17.8. The number of sulfonamides is 2. The Bertz CT molecular complexity index is 1420. The van der Waals surface area contributed by atoms with E-state index in [-0.39, 0.29) is 15.1 Å². The van der Waals surface area contributed by atoms with Crippen LogP contribution in [0.25, 0.3) is 0 Å². The van der Waals surface area contributed by atoms with Crippen molar-refractivity contribution in [2.24, 2.45) is 0 Å². The number of rotatable bonds is 7. The molecule has 0 saturated heterocycles. The van der Waals surface area contributed by atoms with Gasteiger partial charge in [0.2, 0.25) is 0 Å². The van der Waals surface area contributed by atoms with Crippen LogP contribution in [0.3, 0.4) is 0 Å². The molecule has 17 heteroatoms. The summed E-state index contributed by atoms with van der Waals surface area (Å²) in [6.45, 7) is -5.04. The van der Waals surface area contributed by atoms with E-state index in [0.717, 1.165) is 79.7 Å². The standard InChI is InChI=1S/C22H17Cl3F6NO4PS2/c1-2-37(18-9-3-15(23)4-10-18,19-11-5-16(24)6-12-19,20-13-7-17(25)8-14-20)32(38(33,34)21(26,27)28)39(35,36)22(29,30)31/h3-14H,2H2,1H3. The molecule has 0 fully saturated rings. The van der Waals surface area contributed by atoms with Gasteiger partial charge in [0, 0.05) is 0 Å². The first-order valence-electron chi connectivity index (χ1n) is 10.5. The Balaban J connectivity index is 2.89. The zero-order valence-corrected chi connectivity index (χ0v) is 24.2. The Morgan fingerprint density at radius 1 is 0.590 bits per heavy atom. The maximum atomic E-state index is 14.3. The maximum absolute atomic E-state index is 14.3. The molecular weight excluding hydrogens is 658 g/mol. The summed E-state index contributed by atoms with van der Waals surface area (Å²) in [6, 6.07) is 12.6. The molecule has 0 N–H and O–H groups in total. The molecule has 0 aliphatic carbocycles. The van der Waals surface area contributed by atoms with E-state index < -0.39 is 63.4 Å². The molecule has 39 heavy (non-hydrogen) atoms. The average molecular weight is 675 g/mol. The first-order valence-corrected chi connectivity index (χ1v) is 16.9. The molecule has 214 valence electrons. The van der Waals surface area contributed by atoms with E-state index in [1.807, 2.05) is 0 Å². The van der Waals surface area contributed by atoms with Crippen molar-refractivity contribution >= 4 is 77.5 Å². The van der Waals surface area contributed by atoms with Crippen molar-refractivity contribution in [3.63, 3.8) is 0 Å². The zero-order valence-electron chi connectivity index (χ0n) is 19.4. The number of benzene rings is 3. The zero-order chi connectivity index (χ0) is 29.7. The quantitative estimate of drug-likeness (QED) is 0.215. The number of halogens is 9. The summed E-state index contributed by atoms with van der Waals surface area (Å²) in [5.41, 5.74) is -13.0. The average Bonchev–Trinajstić information content (AvgIpc) is 2.82. The van der Waals surface area contributed by atoms with Crippen molar-refractivity contribution in [1.29, 1.82) is 0 Å². The molecule has 3 rings (SSSR count). The van der Waals surface area contributed by atoms with Crippen LogP contribution in [0.4, 0.5) is 26.3 Å². The van der Waals surface area contributed by atoms with E-state index in [9.17, 15) is 43.2 Å². The Kier molecular flexibility index (Phi) is 8.47. The molecule has 0 spiro atoms. The molecule has 0 atom stereocenters. The van der Waals surface area contributed by atoms with Gasteiger partial charge in [-0.25, -0.2) is 0 Å². The second-order valence-electron chi connectivity index (χ2n) is 8.08. The summed E-state index contributed by atoms with van der Waals surface area (Å²) < 4.78 is 137. The normalized spacial score (nSPS) is 14.7. The van der Waals surface area contributed by atoms with Crippen molar-refractivity contribution in [3.05, 3.63) is 87.9 Å². The Labute approximate surface area is 235 Å². The molecule has 5 nitrogen and oxygen atoms in total. The summed E-state index contributed by atoms with van der Waals surface area (Å²) in [5.74, 6) is 0. The van der Waals surface area contributed by atoms with Crippen LogP contribution in [0.5, 0.6) is 0 Å². The van der Waals surface area contributed by atoms with Crippen molar-refractivity contribution in [1.82, 2.24) is 3.48 Å². The molecule has 0 heterocycles.